The van der Waals surface area contributed by atoms with Crippen LogP contribution in [0, 0.1) is 0 Å². The van der Waals surface area contributed by atoms with Crippen LogP contribution >= 0.6 is 43.5 Å². The number of hydrogen-bond donors (Lipinski definition) is 2. The van der Waals surface area contributed by atoms with Gasteiger partial charge in [-0.1, -0.05) is 27.5 Å². The summed E-state index contributed by atoms with van der Waals surface area (Å²) < 4.78 is 28.4. The Balaban J connectivity index is 2.38. The number of nitrogens with two attached hydrogens (primary N) is 1. The maximum atomic E-state index is 12.3. The van der Waals surface area contributed by atoms with E-state index in [1.54, 1.807) is 18.2 Å². The van der Waals surface area contributed by atoms with Gasteiger partial charge >= 0.3 is 0 Å². The molecule has 0 radical (unpaired) electrons. The van der Waals surface area contributed by atoms with E-state index in [0.29, 0.717) is 20.3 Å². The van der Waals surface area contributed by atoms with Crippen LogP contribution in [0.5, 0.6) is 0 Å². The van der Waals surface area contributed by atoms with Crippen LogP contribution in [0.15, 0.2) is 50.2 Å². The highest BCUT2D eigenvalue weighted by atomic mass is 79.9. The summed E-state index contributed by atoms with van der Waals surface area (Å²) in [7, 11) is -3.76. The Labute approximate surface area is 138 Å². The van der Waals surface area contributed by atoms with Crippen molar-refractivity contribution in [3.63, 3.8) is 0 Å². The van der Waals surface area contributed by atoms with Gasteiger partial charge in [0, 0.05) is 14.6 Å². The molecule has 0 unspecified atom stereocenters. The zero-order chi connectivity index (χ0) is 14.9. The molecule has 0 saturated heterocycles. The van der Waals surface area contributed by atoms with Crippen LogP contribution < -0.4 is 10.5 Å². The third kappa shape index (κ3) is 3.46. The smallest absolute Gasteiger partial charge is 0.263 e. The molecule has 0 amide bonds. The van der Waals surface area contributed by atoms with Crippen LogP contribution in [-0.4, -0.2) is 8.42 Å². The van der Waals surface area contributed by atoms with Gasteiger partial charge in [0.25, 0.3) is 10.0 Å². The average Bonchev–Trinajstić information content (AvgIpc) is 2.33. The maximum absolute atomic E-state index is 12.3. The Hall–Kier alpha value is -0.760. The molecule has 0 fully saturated rings. The van der Waals surface area contributed by atoms with Crippen molar-refractivity contribution in [3.8, 4) is 0 Å². The molecule has 20 heavy (non-hydrogen) atoms. The Kier molecular flexibility index (Phi) is 4.63. The molecule has 2 aromatic carbocycles. The van der Waals surface area contributed by atoms with Crippen LogP contribution in [0.2, 0.25) is 5.02 Å². The third-order valence-corrected chi connectivity index (χ3v) is 5.51. The van der Waals surface area contributed by atoms with Gasteiger partial charge in [-0.15, -0.1) is 0 Å². The number of nitrogens with one attached hydrogen (secondary N) is 1. The fourth-order valence-corrected chi connectivity index (χ4v) is 3.85. The predicted octanol–water partition coefficient (Wildman–Crippen LogP) is 4.25. The average molecular weight is 441 g/mol. The van der Waals surface area contributed by atoms with Gasteiger partial charge in [0.1, 0.15) is 4.90 Å². The number of nitrogen functional groups attached to an aromatic ring is 1. The maximum Gasteiger partial charge on any atom is 0.263 e. The molecule has 0 spiro atoms. The first-order valence-corrected chi connectivity index (χ1v) is 8.77. The lowest BCUT2D eigenvalue weighted by atomic mass is 10.3. The predicted molar refractivity (Wildman–Crippen MR) is 88.5 cm³/mol. The van der Waals surface area contributed by atoms with E-state index in [4.69, 9.17) is 17.3 Å². The Morgan fingerprint density at radius 3 is 2.40 bits per heavy atom. The van der Waals surface area contributed by atoms with E-state index in [2.05, 4.69) is 36.6 Å². The number of halogens is 3. The first-order chi connectivity index (χ1) is 9.29. The molecule has 3 N–H and O–H groups in total. The summed E-state index contributed by atoms with van der Waals surface area (Å²) in [5.41, 5.74) is 6.52. The summed E-state index contributed by atoms with van der Waals surface area (Å²) in [6.07, 6.45) is 0. The summed E-state index contributed by atoms with van der Waals surface area (Å²) in [4.78, 5) is 0.00357. The van der Waals surface area contributed by atoms with Crippen molar-refractivity contribution in [1.82, 2.24) is 0 Å². The van der Waals surface area contributed by atoms with Crippen molar-refractivity contribution in [2.75, 3.05) is 10.5 Å². The fourth-order valence-electron chi connectivity index (χ4n) is 1.51. The molecule has 0 aliphatic heterocycles. The summed E-state index contributed by atoms with van der Waals surface area (Å²) >= 11 is 12.4. The number of sulfonamides is 1. The van der Waals surface area contributed by atoms with Crippen LogP contribution in [0.25, 0.3) is 0 Å². The van der Waals surface area contributed by atoms with Crippen LogP contribution in [0.1, 0.15) is 0 Å². The lowest BCUT2D eigenvalue weighted by molar-refractivity contribution is 0.601. The molecule has 2 aromatic rings. The third-order valence-electron chi connectivity index (χ3n) is 2.43. The first kappa shape index (κ1) is 15.6. The van der Waals surface area contributed by atoms with Gasteiger partial charge in [-0.25, -0.2) is 8.42 Å². The van der Waals surface area contributed by atoms with E-state index in [1.807, 2.05) is 0 Å². The van der Waals surface area contributed by atoms with Crippen molar-refractivity contribution in [2.45, 2.75) is 4.90 Å². The highest BCUT2D eigenvalue weighted by Gasteiger charge is 2.18. The molecule has 8 heteroatoms. The van der Waals surface area contributed by atoms with Gasteiger partial charge in [0.15, 0.2) is 0 Å². The molecule has 0 aliphatic carbocycles. The molecule has 0 bridgehead atoms. The van der Waals surface area contributed by atoms with E-state index in [1.165, 1.54) is 18.2 Å². The summed E-state index contributed by atoms with van der Waals surface area (Å²) in [5, 5.41) is 0.136. The van der Waals surface area contributed by atoms with Crippen molar-refractivity contribution in [1.29, 1.82) is 0 Å². The van der Waals surface area contributed by atoms with Crippen molar-refractivity contribution in [2.24, 2.45) is 0 Å². The molecule has 0 aliphatic rings. The van der Waals surface area contributed by atoms with Gasteiger partial charge in [0.2, 0.25) is 0 Å². The van der Waals surface area contributed by atoms with E-state index in [9.17, 15) is 8.42 Å². The van der Waals surface area contributed by atoms with Gasteiger partial charge < -0.3 is 5.73 Å². The van der Waals surface area contributed by atoms with Gasteiger partial charge in [0.05, 0.1) is 10.7 Å². The second kappa shape index (κ2) is 5.93. The fraction of sp³-hybridized carbons (Fsp3) is 0. The minimum Gasteiger partial charge on any atom is -0.398 e. The number of benzene rings is 2. The Morgan fingerprint density at radius 1 is 1.10 bits per heavy atom. The van der Waals surface area contributed by atoms with Crippen molar-refractivity contribution in [3.05, 3.63) is 50.4 Å². The number of rotatable bonds is 3. The molecule has 0 aromatic heterocycles. The minimum atomic E-state index is -3.76. The highest BCUT2D eigenvalue weighted by molar-refractivity contribution is 9.10. The highest BCUT2D eigenvalue weighted by Crippen LogP contribution is 2.28. The van der Waals surface area contributed by atoms with Gasteiger partial charge in [-0.2, -0.15) is 0 Å². The zero-order valence-corrected chi connectivity index (χ0v) is 14.6. The van der Waals surface area contributed by atoms with Gasteiger partial charge in [-0.3, -0.25) is 4.72 Å². The van der Waals surface area contributed by atoms with Gasteiger partial charge in [-0.05, 0) is 52.3 Å². The monoisotopic (exact) mass is 438 g/mol. The molecular formula is C12H9Br2ClN2O2S. The summed E-state index contributed by atoms with van der Waals surface area (Å²) in [6.45, 7) is 0. The van der Waals surface area contributed by atoms with Crippen molar-refractivity contribution < 1.29 is 8.42 Å². The van der Waals surface area contributed by atoms with E-state index in [0.717, 1.165) is 0 Å². The molecule has 0 atom stereocenters. The molecule has 106 valence electrons. The number of hydrogen-bond acceptors (Lipinski definition) is 3. The van der Waals surface area contributed by atoms with E-state index in [-0.39, 0.29) is 9.92 Å². The van der Waals surface area contributed by atoms with E-state index >= 15 is 0 Å². The zero-order valence-electron chi connectivity index (χ0n) is 9.90. The Morgan fingerprint density at radius 2 is 1.80 bits per heavy atom. The van der Waals surface area contributed by atoms with Crippen LogP contribution in [-0.2, 0) is 10.0 Å². The van der Waals surface area contributed by atoms with Crippen molar-refractivity contribution >= 4 is 64.9 Å². The quantitative estimate of drug-likeness (QED) is 0.701. The Bertz CT molecular complexity index is 766. The van der Waals surface area contributed by atoms with Crippen LogP contribution in [0.4, 0.5) is 11.4 Å². The topological polar surface area (TPSA) is 72.2 Å². The molecule has 0 saturated carbocycles. The molecule has 0 heterocycles. The lowest BCUT2D eigenvalue weighted by Crippen LogP contribution is -2.13. The first-order valence-electron chi connectivity index (χ1n) is 5.32. The normalized spacial score (nSPS) is 11.3. The summed E-state index contributed by atoms with van der Waals surface area (Å²) in [6, 6.07) is 9.34. The second-order valence-corrected chi connectivity index (χ2v) is 7.74. The standard InChI is InChI=1S/C12H9Br2ClN2O2S/c13-7-1-4-12(10(15)5-7)20(18,19)17-8-2-3-9(14)11(16)6-8/h1-6,17H,16H2. The SMILES string of the molecule is Nc1cc(NS(=O)(=O)c2ccc(Br)cc2Cl)ccc1Br. The molecular weight excluding hydrogens is 431 g/mol. The summed E-state index contributed by atoms with van der Waals surface area (Å²) in [5.74, 6) is 0. The largest absolute Gasteiger partial charge is 0.398 e. The van der Waals surface area contributed by atoms with Crippen LogP contribution in [0.3, 0.4) is 0 Å². The molecule has 4 nitrogen and oxygen atoms in total. The minimum absolute atomic E-state index is 0.00357. The lowest BCUT2D eigenvalue weighted by Gasteiger charge is -2.10. The van der Waals surface area contributed by atoms with E-state index < -0.39 is 10.0 Å². The second-order valence-electron chi connectivity index (χ2n) is 3.92. The molecule has 2 rings (SSSR count). The number of anilines is 2.